The van der Waals surface area contributed by atoms with E-state index in [4.69, 9.17) is 4.52 Å². The number of hydrogen-bond donors (Lipinski definition) is 3. The van der Waals surface area contributed by atoms with Crippen molar-refractivity contribution in [3.8, 4) is 0 Å². The Morgan fingerprint density at radius 1 is 1.22 bits per heavy atom. The summed E-state index contributed by atoms with van der Waals surface area (Å²) in [7, 11) is 0. The van der Waals surface area contributed by atoms with Crippen molar-refractivity contribution in [2.75, 3.05) is 19.6 Å². The second kappa shape index (κ2) is 13.0. The Labute approximate surface area is 179 Å². The molecule has 1 aliphatic rings. The molecule has 0 aromatic carbocycles. The average molecular weight is 491 g/mol. The van der Waals surface area contributed by atoms with E-state index in [9.17, 15) is 4.79 Å². The summed E-state index contributed by atoms with van der Waals surface area (Å²) in [6, 6.07) is 1.95. The Bertz CT molecular complexity index is 582. The number of nitrogens with one attached hydrogen (secondary N) is 3. The zero-order valence-corrected chi connectivity index (χ0v) is 19.0. The Balaban J connectivity index is 0.00000364. The van der Waals surface area contributed by atoms with Crippen LogP contribution in [-0.4, -0.2) is 36.7 Å². The van der Waals surface area contributed by atoms with Crippen LogP contribution in [0.15, 0.2) is 15.6 Å². The summed E-state index contributed by atoms with van der Waals surface area (Å²) in [4.78, 5) is 16.6. The Kier molecular flexibility index (Phi) is 11.4. The number of halogens is 1. The highest BCUT2D eigenvalue weighted by Crippen LogP contribution is 2.23. The van der Waals surface area contributed by atoms with Crippen molar-refractivity contribution < 1.29 is 9.32 Å². The zero-order valence-electron chi connectivity index (χ0n) is 16.7. The van der Waals surface area contributed by atoms with Crippen LogP contribution in [-0.2, 0) is 11.3 Å². The summed E-state index contributed by atoms with van der Waals surface area (Å²) in [5, 5.41) is 13.5. The van der Waals surface area contributed by atoms with Gasteiger partial charge in [-0.3, -0.25) is 4.79 Å². The van der Waals surface area contributed by atoms with E-state index in [-0.39, 0.29) is 35.8 Å². The van der Waals surface area contributed by atoms with Crippen LogP contribution in [0.3, 0.4) is 0 Å². The number of carbonyl (C=O) groups excluding carboxylic acids is 1. The van der Waals surface area contributed by atoms with Crippen LogP contribution >= 0.6 is 24.0 Å². The SMILES string of the molecule is CCNC(=NCc1cc(C(C)C)no1)NCCNC(=O)C1CCCCC1.I. The smallest absolute Gasteiger partial charge is 0.223 e. The molecule has 8 heteroatoms. The van der Waals surface area contributed by atoms with Crippen LogP contribution in [0.25, 0.3) is 0 Å². The maximum Gasteiger partial charge on any atom is 0.223 e. The van der Waals surface area contributed by atoms with Gasteiger partial charge in [-0.05, 0) is 25.7 Å². The number of amides is 1. The third-order valence-electron chi connectivity index (χ3n) is 4.60. The van der Waals surface area contributed by atoms with Crippen molar-refractivity contribution in [2.24, 2.45) is 10.9 Å². The fourth-order valence-corrected chi connectivity index (χ4v) is 3.05. The zero-order chi connectivity index (χ0) is 18.8. The minimum absolute atomic E-state index is 0. The maximum atomic E-state index is 12.1. The van der Waals surface area contributed by atoms with E-state index in [0.717, 1.165) is 30.8 Å². The summed E-state index contributed by atoms with van der Waals surface area (Å²) in [5.74, 6) is 2.19. The normalized spacial score (nSPS) is 15.3. The Morgan fingerprint density at radius 3 is 2.56 bits per heavy atom. The highest BCUT2D eigenvalue weighted by molar-refractivity contribution is 14.0. The molecule has 27 heavy (non-hydrogen) atoms. The molecule has 0 spiro atoms. The van der Waals surface area contributed by atoms with Crippen LogP contribution in [0.4, 0.5) is 0 Å². The van der Waals surface area contributed by atoms with Crippen molar-refractivity contribution in [3.05, 3.63) is 17.5 Å². The highest BCUT2D eigenvalue weighted by Gasteiger charge is 2.20. The predicted molar refractivity (Wildman–Crippen MR) is 118 cm³/mol. The van der Waals surface area contributed by atoms with Crippen LogP contribution in [0, 0.1) is 5.92 Å². The Hall–Kier alpha value is -1.32. The first kappa shape index (κ1) is 23.7. The third kappa shape index (κ3) is 8.49. The van der Waals surface area contributed by atoms with Gasteiger partial charge in [-0.15, -0.1) is 24.0 Å². The number of aliphatic imine (C=N–C) groups is 1. The lowest BCUT2D eigenvalue weighted by molar-refractivity contribution is -0.125. The standard InChI is InChI=1S/C19H33N5O2.HI/c1-4-20-19(23-13-16-12-17(14(2)3)24-26-16)22-11-10-21-18(25)15-8-6-5-7-9-15;/h12,14-15H,4-11,13H2,1-3H3,(H,21,25)(H2,20,22,23);1H. The first-order valence-corrected chi connectivity index (χ1v) is 9.85. The molecule has 0 atom stereocenters. The molecule has 1 saturated carbocycles. The summed E-state index contributed by atoms with van der Waals surface area (Å²) < 4.78 is 5.31. The van der Waals surface area contributed by atoms with Gasteiger partial charge in [0.2, 0.25) is 5.91 Å². The van der Waals surface area contributed by atoms with Gasteiger partial charge >= 0.3 is 0 Å². The van der Waals surface area contributed by atoms with E-state index >= 15 is 0 Å². The lowest BCUT2D eigenvalue weighted by Gasteiger charge is -2.20. The molecule has 1 aromatic rings. The molecule has 3 N–H and O–H groups in total. The molecule has 0 saturated heterocycles. The summed E-state index contributed by atoms with van der Waals surface area (Å²) in [6.07, 6.45) is 5.66. The van der Waals surface area contributed by atoms with E-state index in [0.29, 0.717) is 31.5 Å². The molecule has 1 amide bonds. The second-order valence-electron chi connectivity index (χ2n) is 7.12. The number of guanidine groups is 1. The van der Waals surface area contributed by atoms with Gasteiger partial charge in [0.25, 0.3) is 0 Å². The molecule has 1 fully saturated rings. The van der Waals surface area contributed by atoms with Gasteiger partial charge in [0.05, 0.1) is 5.69 Å². The first-order valence-electron chi connectivity index (χ1n) is 9.85. The molecule has 7 nitrogen and oxygen atoms in total. The van der Waals surface area contributed by atoms with Gasteiger partial charge < -0.3 is 20.5 Å². The van der Waals surface area contributed by atoms with Gasteiger partial charge in [-0.25, -0.2) is 4.99 Å². The molecular formula is C19H34IN5O2. The highest BCUT2D eigenvalue weighted by atomic mass is 127. The maximum absolute atomic E-state index is 12.1. The summed E-state index contributed by atoms with van der Waals surface area (Å²) in [6.45, 7) is 8.62. The van der Waals surface area contributed by atoms with Crippen molar-refractivity contribution in [3.63, 3.8) is 0 Å². The van der Waals surface area contributed by atoms with Gasteiger partial charge in [0.1, 0.15) is 6.54 Å². The monoisotopic (exact) mass is 491 g/mol. The number of hydrogen-bond acceptors (Lipinski definition) is 4. The molecule has 0 unspecified atom stereocenters. The minimum atomic E-state index is 0. The quantitative estimate of drug-likeness (QED) is 0.225. The minimum Gasteiger partial charge on any atom is -0.359 e. The fraction of sp³-hybridized carbons (Fsp3) is 0.737. The van der Waals surface area contributed by atoms with Gasteiger partial charge in [-0.2, -0.15) is 0 Å². The van der Waals surface area contributed by atoms with Crippen molar-refractivity contribution in [2.45, 2.75) is 65.3 Å². The van der Waals surface area contributed by atoms with E-state index in [2.05, 4.69) is 39.9 Å². The lowest BCUT2D eigenvalue weighted by Crippen LogP contribution is -2.42. The van der Waals surface area contributed by atoms with E-state index < -0.39 is 0 Å². The number of nitrogens with zero attached hydrogens (tertiary/aromatic N) is 2. The fourth-order valence-electron chi connectivity index (χ4n) is 3.05. The molecule has 0 radical (unpaired) electrons. The third-order valence-corrected chi connectivity index (χ3v) is 4.60. The molecule has 0 aliphatic heterocycles. The van der Waals surface area contributed by atoms with E-state index in [1.54, 1.807) is 0 Å². The van der Waals surface area contributed by atoms with Crippen LogP contribution in [0.2, 0.25) is 0 Å². The summed E-state index contributed by atoms with van der Waals surface area (Å²) >= 11 is 0. The van der Waals surface area contributed by atoms with Crippen molar-refractivity contribution in [1.82, 2.24) is 21.1 Å². The average Bonchev–Trinajstić information content (AvgIpc) is 3.13. The molecule has 154 valence electrons. The van der Waals surface area contributed by atoms with Crippen molar-refractivity contribution >= 4 is 35.8 Å². The lowest BCUT2D eigenvalue weighted by atomic mass is 9.89. The molecule has 1 heterocycles. The van der Waals surface area contributed by atoms with Crippen LogP contribution < -0.4 is 16.0 Å². The first-order chi connectivity index (χ1) is 12.6. The Morgan fingerprint density at radius 2 is 1.93 bits per heavy atom. The van der Waals surface area contributed by atoms with Crippen LogP contribution in [0.1, 0.15) is 70.2 Å². The molecule has 1 aromatic heterocycles. The second-order valence-corrected chi connectivity index (χ2v) is 7.12. The topological polar surface area (TPSA) is 91.6 Å². The molecule has 0 bridgehead atoms. The van der Waals surface area contributed by atoms with Crippen LogP contribution in [0.5, 0.6) is 0 Å². The largest absolute Gasteiger partial charge is 0.359 e. The number of aromatic nitrogens is 1. The molecule has 1 aliphatic carbocycles. The van der Waals surface area contributed by atoms with E-state index in [1.807, 2.05) is 13.0 Å². The number of carbonyl (C=O) groups is 1. The van der Waals surface area contributed by atoms with Crippen molar-refractivity contribution in [1.29, 1.82) is 0 Å². The molecular weight excluding hydrogens is 457 g/mol. The predicted octanol–water partition coefficient (Wildman–Crippen LogP) is 3.17. The van der Waals surface area contributed by atoms with E-state index in [1.165, 1.54) is 19.3 Å². The van der Waals surface area contributed by atoms with Gasteiger partial charge in [0, 0.05) is 31.6 Å². The molecule has 2 rings (SSSR count). The van der Waals surface area contributed by atoms with Gasteiger partial charge in [-0.1, -0.05) is 38.3 Å². The van der Waals surface area contributed by atoms with Gasteiger partial charge in [0.15, 0.2) is 11.7 Å². The summed E-state index contributed by atoms with van der Waals surface area (Å²) in [5.41, 5.74) is 0.943. The number of rotatable bonds is 8.